The SMILES string of the molecule is CC(CCCN=C(N)N)C(=O)CC(CC(N)=O)C(=O)CC(CC(N)=O)C(=O)CC(Cc1ccccc1)C(=O)CC(CCCCN)C(=O)CC(C(=O)CC(CCC(=O)O)C(=O)CC(CCC(=O)O)C(=O)CC(Cc1ccc(O)cc1)C(=O)O)C(C)O. The number of hydrogen-bond donors (Lipinski definition) is 10. The molecule has 0 bridgehead atoms. The maximum Gasteiger partial charge on any atom is 0.307 e. The molecule has 0 radical (unpaired) electrons. The molecule has 2 aromatic rings. The number of aliphatic imine (C=N–C) groups is 1. The number of carbonyl (C=O) groups is 13. The zero-order chi connectivity index (χ0) is 63.9. The zero-order valence-corrected chi connectivity index (χ0v) is 48.6. The third-order valence-electron chi connectivity index (χ3n) is 15.3. The van der Waals surface area contributed by atoms with Crippen LogP contribution in [0.3, 0.4) is 0 Å². The second kappa shape index (κ2) is 38.2. The van der Waals surface area contributed by atoms with Gasteiger partial charge in [-0.05, 0) is 88.1 Å². The number of aliphatic hydroxyl groups excluding tert-OH is 1. The third-order valence-corrected chi connectivity index (χ3v) is 15.3. The largest absolute Gasteiger partial charge is 0.508 e. The molecular formula is C61H86N6O18. The Morgan fingerprint density at radius 2 is 0.859 bits per heavy atom. The van der Waals surface area contributed by atoms with Crippen LogP contribution in [0.5, 0.6) is 5.75 Å². The highest BCUT2D eigenvalue weighted by Gasteiger charge is 2.38. The number of carbonyl (C=O) groups excluding carboxylic acids is 10. The van der Waals surface area contributed by atoms with Crippen LogP contribution < -0.4 is 28.7 Å². The van der Waals surface area contributed by atoms with Gasteiger partial charge in [0.2, 0.25) is 11.8 Å². The van der Waals surface area contributed by atoms with Gasteiger partial charge in [0.1, 0.15) is 52.0 Å². The van der Waals surface area contributed by atoms with Crippen LogP contribution in [-0.2, 0) is 75.2 Å². The number of Topliss-reactive ketones (excluding diaryl/α,β-unsaturated/α-hetero) is 8. The van der Waals surface area contributed by atoms with Gasteiger partial charge in [-0.25, -0.2) is 0 Å². The van der Waals surface area contributed by atoms with Gasteiger partial charge in [-0.3, -0.25) is 67.3 Å². The second-order valence-corrected chi connectivity index (χ2v) is 22.3. The molecule has 10 unspecified atom stereocenters. The molecule has 0 fully saturated rings. The van der Waals surface area contributed by atoms with Gasteiger partial charge in [-0.2, -0.15) is 0 Å². The predicted octanol–water partition coefficient (Wildman–Crippen LogP) is 3.55. The molecule has 0 saturated heterocycles. The summed E-state index contributed by atoms with van der Waals surface area (Å²) in [5.74, 6) is -22.7. The number of unbranched alkanes of at least 4 members (excludes halogenated alkanes) is 1. The van der Waals surface area contributed by atoms with Crippen molar-refractivity contribution in [2.45, 2.75) is 155 Å². The lowest BCUT2D eigenvalue weighted by Crippen LogP contribution is -2.35. The van der Waals surface area contributed by atoms with Crippen LogP contribution in [0.25, 0.3) is 0 Å². The van der Waals surface area contributed by atoms with Crippen LogP contribution in [0.15, 0.2) is 59.6 Å². The van der Waals surface area contributed by atoms with Crippen molar-refractivity contribution in [2.75, 3.05) is 13.1 Å². The van der Waals surface area contributed by atoms with Gasteiger partial charge in [-0.1, -0.05) is 55.8 Å². The first-order valence-electron chi connectivity index (χ1n) is 28.7. The molecule has 0 saturated carbocycles. The number of rotatable bonds is 48. The first-order chi connectivity index (χ1) is 40.0. The Morgan fingerprint density at radius 3 is 1.33 bits per heavy atom. The van der Waals surface area contributed by atoms with Crippen molar-refractivity contribution in [1.82, 2.24) is 0 Å². The number of phenols is 1. The summed E-state index contributed by atoms with van der Waals surface area (Å²) in [6.45, 7) is 3.31. The summed E-state index contributed by atoms with van der Waals surface area (Å²) in [5, 5.41) is 49.8. The molecule has 0 spiro atoms. The van der Waals surface area contributed by atoms with E-state index in [1.165, 1.54) is 31.2 Å². The summed E-state index contributed by atoms with van der Waals surface area (Å²) >= 11 is 0. The Bertz CT molecular complexity index is 2650. The number of carboxylic acids is 3. The maximum atomic E-state index is 14.7. The van der Waals surface area contributed by atoms with Crippen LogP contribution in [-0.4, -0.2) is 127 Å². The van der Waals surface area contributed by atoms with Crippen LogP contribution in [0.2, 0.25) is 0 Å². The Kier molecular flexibility index (Phi) is 32.9. The van der Waals surface area contributed by atoms with E-state index in [2.05, 4.69) is 4.99 Å². The maximum absolute atomic E-state index is 14.7. The minimum Gasteiger partial charge on any atom is -0.508 e. The number of benzene rings is 2. The van der Waals surface area contributed by atoms with Crippen molar-refractivity contribution < 1.29 is 87.9 Å². The average molecular weight is 1190 g/mol. The Balaban J connectivity index is 2.47. The van der Waals surface area contributed by atoms with Gasteiger partial charge in [-0.15, -0.1) is 0 Å². The number of hydrogen-bond acceptors (Lipinski definition) is 17. The summed E-state index contributed by atoms with van der Waals surface area (Å²) in [6, 6.07) is 14.1. The molecule has 24 nitrogen and oxygen atoms in total. The van der Waals surface area contributed by atoms with Gasteiger partial charge >= 0.3 is 17.9 Å². The van der Waals surface area contributed by atoms with Crippen molar-refractivity contribution in [3.63, 3.8) is 0 Å². The zero-order valence-electron chi connectivity index (χ0n) is 48.6. The summed E-state index contributed by atoms with van der Waals surface area (Å²) < 4.78 is 0. The van der Waals surface area contributed by atoms with E-state index in [0.29, 0.717) is 36.8 Å². The lowest BCUT2D eigenvalue weighted by atomic mass is 9.77. The molecule has 468 valence electrons. The normalized spacial score (nSPS) is 14.8. The number of guanidine groups is 1. The Morgan fingerprint density at radius 1 is 0.447 bits per heavy atom. The lowest BCUT2D eigenvalue weighted by Gasteiger charge is -2.25. The van der Waals surface area contributed by atoms with E-state index in [4.69, 9.17) is 28.7 Å². The summed E-state index contributed by atoms with van der Waals surface area (Å²) in [5.41, 5.74) is 28.7. The van der Waals surface area contributed by atoms with Gasteiger partial charge < -0.3 is 54.2 Å². The molecule has 0 aliphatic heterocycles. The lowest BCUT2D eigenvalue weighted by molar-refractivity contribution is -0.145. The molecule has 0 aliphatic carbocycles. The number of nitrogens with zero attached hydrogens (tertiary/aromatic N) is 1. The molecule has 2 amide bonds. The highest BCUT2D eigenvalue weighted by molar-refractivity contribution is 5.99. The molecule has 2 rings (SSSR count). The molecule has 0 aromatic heterocycles. The van der Waals surface area contributed by atoms with Crippen LogP contribution >= 0.6 is 0 Å². The first-order valence-corrected chi connectivity index (χ1v) is 28.7. The molecular weight excluding hydrogens is 1100 g/mol. The average Bonchev–Trinajstić information content (AvgIpc) is 3.47. The van der Waals surface area contributed by atoms with Gasteiger partial charge in [0.05, 0.1) is 17.9 Å². The topological polar surface area (TPSA) is 466 Å². The second-order valence-electron chi connectivity index (χ2n) is 22.3. The number of ketones is 8. The standard InChI is InChI=1S/C61H86N6O18/c1-35(9-8-22-67-61(65)66)48(70)28-43(32-56(63)78)53(75)30-44(33-57(64)79)52(74)29-42(23-37-10-4-3-5-11-37)51(73)25-39(12-6-7-21-62)54(76)34-47(36(2)68)55(77)27-41(16-20-59(82)83)49(71)26-40(15-19-58(80)81)50(72)31-45(60(84)85)24-38-13-17-46(69)18-14-38/h3-5,10-11,13-14,17-18,35-36,39-45,47,68-69H,6-9,12,15-16,19-34,62H2,1-2H3,(H2,63,78)(H2,64,79)(H,80,81)(H,82,83)(H,84,85)(H4,65,66,67). The Hall–Kier alpha value is -7.86. The van der Waals surface area contributed by atoms with Crippen molar-refractivity contribution in [1.29, 1.82) is 0 Å². The fourth-order valence-electron chi connectivity index (χ4n) is 10.3. The molecule has 2 aromatic carbocycles. The van der Waals surface area contributed by atoms with E-state index >= 15 is 0 Å². The summed E-state index contributed by atoms with van der Waals surface area (Å²) in [7, 11) is 0. The van der Waals surface area contributed by atoms with E-state index in [0.717, 1.165) is 0 Å². The number of primary amides is 2. The van der Waals surface area contributed by atoms with Crippen LogP contribution in [0, 0.1) is 53.3 Å². The highest BCUT2D eigenvalue weighted by atomic mass is 16.4. The smallest absolute Gasteiger partial charge is 0.307 e. The predicted molar refractivity (Wildman–Crippen MR) is 310 cm³/mol. The molecule has 10 atom stereocenters. The number of carboxylic acid groups (broad SMARTS) is 3. The van der Waals surface area contributed by atoms with Crippen molar-refractivity contribution >= 4 is 81.9 Å². The van der Waals surface area contributed by atoms with E-state index in [-0.39, 0.29) is 49.8 Å². The minimum atomic E-state index is -1.54. The summed E-state index contributed by atoms with van der Waals surface area (Å²) in [4.78, 5) is 177. The molecule has 24 heteroatoms. The monoisotopic (exact) mass is 1190 g/mol. The van der Waals surface area contributed by atoms with Crippen LogP contribution in [0.1, 0.15) is 147 Å². The van der Waals surface area contributed by atoms with Gasteiger partial charge in [0.25, 0.3) is 0 Å². The van der Waals surface area contributed by atoms with E-state index in [9.17, 15) is 87.9 Å². The number of aromatic hydroxyl groups is 1. The first kappa shape index (κ1) is 73.2. The molecule has 15 N–H and O–H groups in total. The molecule has 0 heterocycles. The molecule has 85 heavy (non-hydrogen) atoms. The number of nitrogens with two attached hydrogens (primary N) is 5. The van der Waals surface area contributed by atoms with Gasteiger partial charge in [0.15, 0.2) is 5.96 Å². The third kappa shape index (κ3) is 29.0. The fourth-order valence-corrected chi connectivity index (χ4v) is 10.3. The Labute approximate surface area is 494 Å². The quantitative estimate of drug-likeness (QED) is 0.0257. The minimum absolute atomic E-state index is 0.0461. The van der Waals surface area contributed by atoms with Crippen molar-refractivity contribution in [2.24, 2.45) is 86.9 Å². The van der Waals surface area contributed by atoms with E-state index < -0.39 is 219 Å². The number of aliphatic hydroxyl groups is 1. The number of amides is 2. The van der Waals surface area contributed by atoms with Crippen molar-refractivity contribution in [3.8, 4) is 5.75 Å². The number of aliphatic carboxylic acids is 3. The number of phenolic OH excluding ortho intramolecular Hbond substituents is 1. The van der Waals surface area contributed by atoms with Crippen LogP contribution in [0.4, 0.5) is 0 Å². The highest BCUT2D eigenvalue weighted by Crippen LogP contribution is 2.31. The van der Waals surface area contributed by atoms with E-state index in [1.807, 2.05) is 0 Å². The summed E-state index contributed by atoms with van der Waals surface area (Å²) in [6.07, 6.45) is -8.17. The van der Waals surface area contributed by atoms with Gasteiger partial charge in [0, 0.05) is 125 Å². The fraction of sp³-hybridized carbons (Fsp3) is 0.574. The molecule has 0 aliphatic rings. The van der Waals surface area contributed by atoms with Crippen molar-refractivity contribution in [3.05, 3.63) is 65.7 Å². The van der Waals surface area contributed by atoms with E-state index in [1.54, 1.807) is 37.3 Å².